The van der Waals surface area contributed by atoms with E-state index in [1.165, 1.54) is 128 Å². The van der Waals surface area contributed by atoms with Crippen LogP contribution in [0.3, 0.4) is 0 Å². The number of carbonyl (C=O) groups is 1. The summed E-state index contributed by atoms with van der Waals surface area (Å²) in [7, 11) is 0. The number of carbonyl (C=O) groups excluding carboxylic acids is 1. The van der Waals surface area contributed by atoms with E-state index in [4.69, 9.17) is 4.74 Å². The van der Waals surface area contributed by atoms with Gasteiger partial charge in [-0.05, 0) is 57.8 Å². The summed E-state index contributed by atoms with van der Waals surface area (Å²) in [6.45, 7) is 5.13. The molecule has 0 saturated carbocycles. The summed E-state index contributed by atoms with van der Waals surface area (Å²) < 4.78 is 5.40. The quantitative estimate of drug-likeness (QED) is 0.0669. The molecule has 0 radical (unpaired) electrons. The number of hydrogen-bond acceptors (Lipinski definition) is 2. The molecule has 0 aliphatic rings. The molecule has 0 aromatic carbocycles. The Labute approximate surface area is 214 Å². The Morgan fingerprint density at radius 2 is 0.853 bits per heavy atom. The van der Waals surface area contributed by atoms with Crippen LogP contribution in [0.1, 0.15) is 168 Å². The van der Waals surface area contributed by atoms with Crippen molar-refractivity contribution in [2.24, 2.45) is 0 Å². The van der Waals surface area contributed by atoms with Gasteiger partial charge in [-0.1, -0.05) is 128 Å². The van der Waals surface area contributed by atoms with Gasteiger partial charge in [-0.2, -0.15) is 0 Å². The lowest BCUT2D eigenvalue weighted by molar-refractivity contribution is -0.143. The smallest absolute Gasteiger partial charge is 0.305 e. The van der Waals surface area contributed by atoms with Crippen molar-refractivity contribution in [1.29, 1.82) is 0 Å². The number of ether oxygens (including phenoxy) is 1. The van der Waals surface area contributed by atoms with Crippen molar-refractivity contribution in [3.05, 3.63) is 24.3 Å². The topological polar surface area (TPSA) is 26.3 Å². The van der Waals surface area contributed by atoms with Gasteiger partial charge in [0.1, 0.15) is 0 Å². The van der Waals surface area contributed by atoms with E-state index in [2.05, 4.69) is 38.2 Å². The molecule has 0 aliphatic carbocycles. The molecule has 0 amide bonds. The number of rotatable bonds is 27. The molecule has 0 atom stereocenters. The molecule has 34 heavy (non-hydrogen) atoms. The first-order valence-corrected chi connectivity index (χ1v) is 15.3. The molecule has 0 aliphatic heterocycles. The van der Waals surface area contributed by atoms with Crippen LogP contribution in [0.25, 0.3) is 0 Å². The predicted octanol–water partition coefficient (Wildman–Crippen LogP) is 11.0. The van der Waals surface area contributed by atoms with Gasteiger partial charge in [-0.25, -0.2) is 0 Å². The first kappa shape index (κ1) is 33.0. The van der Waals surface area contributed by atoms with Gasteiger partial charge >= 0.3 is 5.97 Å². The molecule has 0 unspecified atom stereocenters. The van der Waals surface area contributed by atoms with Gasteiger partial charge in [0.2, 0.25) is 0 Å². The maximum absolute atomic E-state index is 11.8. The van der Waals surface area contributed by atoms with Crippen LogP contribution < -0.4 is 0 Å². The molecule has 2 heteroatoms. The Morgan fingerprint density at radius 3 is 1.35 bits per heavy atom. The van der Waals surface area contributed by atoms with Crippen molar-refractivity contribution in [1.82, 2.24) is 0 Å². The second kappa shape index (κ2) is 30.0. The van der Waals surface area contributed by atoms with Crippen molar-refractivity contribution >= 4 is 5.97 Å². The molecule has 0 heterocycles. The van der Waals surface area contributed by atoms with Crippen LogP contribution in [-0.4, -0.2) is 12.6 Å². The lowest BCUT2D eigenvalue weighted by atomic mass is 10.1. The van der Waals surface area contributed by atoms with Crippen LogP contribution >= 0.6 is 0 Å². The fourth-order valence-corrected chi connectivity index (χ4v) is 4.23. The second-order valence-corrected chi connectivity index (χ2v) is 10.1. The molecule has 0 aromatic heterocycles. The molecule has 200 valence electrons. The van der Waals surface area contributed by atoms with Gasteiger partial charge in [-0.3, -0.25) is 4.79 Å². The van der Waals surface area contributed by atoms with Crippen LogP contribution in [0, 0.1) is 0 Å². The number of esters is 1. The maximum atomic E-state index is 11.8. The van der Waals surface area contributed by atoms with Crippen LogP contribution in [-0.2, 0) is 9.53 Å². The van der Waals surface area contributed by atoms with Crippen LogP contribution in [0.2, 0.25) is 0 Å². The van der Waals surface area contributed by atoms with E-state index in [-0.39, 0.29) is 5.97 Å². The van der Waals surface area contributed by atoms with Crippen molar-refractivity contribution < 1.29 is 9.53 Å². The van der Waals surface area contributed by atoms with E-state index in [9.17, 15) is 4.79 Å². The maximum Gasteiger partial charge on any atom is 0.305 e. The zero-order chi connectivity index (χ0) is 24.8. The summed E-state index contributed by atoms with van der Waals surface area (Å²) in [5.74, 6) is 0.00611. The fraction of sp³-hybridized carbons (Fsp3) is 0.844. The molecular weight excluding hydrogens is 416 g/mol. The van der Waals surface area contributed by atoms with Gasteiger partial charge in [0, 0.05) is 6.42 Å². The minimum Gasteiger partial charge on any atom is -0.466 e. The van der Waals surface area contributed by atoms with Crippen LogP contribution in [0.4, 0.5) is 0 Å². The van der Waals surface area contributed by atoms with Crippen molar-refractivity contribution in [2.45, 2.75) is 168 Å². The van der Waals surface area contributed by atoms with Crippen LogP contribution in [0.15, 0.2) is 24.3 Å². The van der Waals surface area contributed by atoms with Crippen molar-refractivity contribution in [2.75, 3.05) is 6.61 Å². The molecule has 0 rings (SSSR count). The Bertz CT molecular complexity index is 452. The highest BCUT2D eigenvalue weighted by Crippen LogP contribution is 2.11. The fourth-order valence-electron chi connectivity index (χ4n) is 4.23. The third-order valence-corrected chi connectivity index (χ3v) is 6.56. The summed E-state index contributed by atoms with van der Waals surface area (Å²) in [5, 5.41) is 0. The molecule has 0 aromatic rings. The SMILES string of the molecule is CCCCC=CCCCCCCCC(=O)OCCCCCCCC/C=C\CCCCCCCC. The van der Waals surface area contributed by atoms with Gasteiger partial charge in [0.15, 0.2) is 0 Å². The molecule has 2 nitrogen and oxygen atoms in total. The highest BCUT2D eigenvalue weighted by atomic mass is 16.5. The third kappa shape index (κ3) is 29.0. The van der Waals surface area contributed by atoms with E-state index >= 15 is 0 Å². The van der Waals surface area contributed by atoms with Gasteiger partial charge < -0.3 is 4.74 Å². The summed E-state index contributed by atoms with van der Waals surface area (Å²) in [6.07, 6.45) is 39.3. The summed E-state index contributed by atoms with van der Waals surface area (Å²) in [4.78, 5) is 11.8. The van der Waals surface area contributed by atoms with Gasteiger partial charge in [0.05, 0.1) is 6.61 Å². The number of unbranched alkanes of at least 4 members (excludes halogenated alkanes) is 19. The Balaban J connectivity index is 3.22. The average molecular weight is 477 g/mol. The summed E-state index contributed by atoms with van der Waals surface area (Å²) in [6, 6.07) is 0. The van der Waals surface area contributed by atoms with E-state index in [0.29, 0.717) is 13.0 Å². The van der Waals surface area contributed by atoms with Gasteiger partial charge in [0.25, 0.3) is 0 Å². The molecule has 0 fully saturated rings. The zero-order valence-corrected chi connectivity index (χ0v) is 23.3. The lowest BCUT2D eigenvalue weighted by Crippen LogP contribution is -2.05. The van der Waals surface area contributed by atoms with Crippen molar-refractivity contribution in [3.63, 3.8) is 0 Å². The molecular formula is C32H60O2. The van der Waals surface area contributed by atoms with Crippen molar-refractivity contribution in [3.8, 4) is 0 Å². The predicted molar refractivity (Wildman–Crippen MR) is 151 cm³/mol. The Morgan fingerprint density at radius 1 is 0.471 bits per heavy atom. The normalized spacial score (nSPS) is 11.7. The minimum absolute atomic E-state index is 0.00611. The van der Waals surface area contributed by atoms with E-state index < -0.39 is 0 Å². The molecule has 0 spiro atoms. The summed E-state index contributed by atoms with van der Waals surface area (Å²) in [5.41, 5.74) is 0. The number of hydrogen-bond donors (Lipinski definition) is 0. The summed E-state index contributed by atoms with van der Waals surface area (Å²) >= 11 is 0. The van der Waals surface area contributed by atoms with E-state index in [1.54, 1.807) is 0 Å². The highest BCUT2D eigenvalue weighted by Gasteiger charge is 2.02. The Hall–Kier alpha value is -1.05. The number of allylic oxidation sites excluding steroid dienone is 4. The monoisotopic (exact) mass is 476 g/mol. The largest absolute Gasteiger partial charge is 0.466 e. The van der Waals surface area contributed by atoms with E-state index in [0.717, 1.165) is 19.3 Å². The van der Waals surface area contributed by atoms with Gasteiger partial charge in [-0.15, -0.1) is 0 Å². The standard InChI is InChI=1S/C32H60O2/c1-3-5-7-9-11-13-15-16-17-18-19-21-23-25-27-29-31-34-32(33)30-28-26-24-22-20-14-12-10-8-6-4-2/h10,12,16-17H,3-9,11,13-15,18-31H2,1-2H3/b12-10?,17-16-. The highest BCUT2D eigenvalue weighted by molar-refractivity contribution is 5.69. The minimum atomic E-state index is 0.00611. The Kier molecular flexibility index (Phi) is 29.1. The molecule has 0 bridgehead atoms. The zero-order valence-electron chi connectivity index (χ0n) is 23.3. The first-order chi connectivity index (χ1) is 16.8. The molecule has 0 N–H and O–H groups in total. The third-order valence-electron chi connectivity index (χ3n) is 6.56. The average Bonchev–Trinajstić information content (AvgIpc) is 2.84. The lowest BCUT2D eigenvalue weighted by Gasteiger charge is -2.05. The first-order valence-electron chi connectivity index (χ1n) is 15.3. The van der Waals surface area contributed by atoms with E-state index in [1.807, 2.05) is 0 Å². The molecule has 0 saturated heterocycles. The van der Waals surface area contributed by atoms with Crippen LogP contribution in [0.5, 0.6) is 0 Å². The second-order valence-electron chi connectivity index (χ2n) is 10.1.